The molecule has 0 fully saturated rings. The molecule has 0 aliphatic rings. The first-order chi connectivity index (χ1) is 8.24. The Kier molecular flexibility index (Phi) is 5.66. The van der Waals surface area contributed by atoms with Crippen molar-refractivity contribution in [1.82, 2.24) is 0 Å². The van der Waals surface area contributed by atoms with Gasteiger partial charge in [0.2, 0.25) is 0 Å². The lowest BCUT2D eigenvalue weighted by Crippen LogP contribution is -1.97. The zero-order chi connectivity index (χ0) is 12.3. The van der Waals surface area contributed by atoms with Crippen molar-refractivity contribution in [3.63, 3.8) is 0 Å². The maximum atomic E-state index is 5.68. The quantitative estimate of drug-likeness (QED) is 0.924. The average Bonchev–Trinajstić information content (AvgIpc) is 2.37. The fourth-order valence-electron chi connectivity index (χ4n) is 1.81. The highest BCUT2D eigenvalue weighted by molar-refractivity contribution is 9.10. The summed E-state index contributed by atoms with van der Waals surface area (Å²) in [6.45, 7) is 0.529. The molecule has 0 heterocycles. The highest BCUT2D eigenvalue weighted by atomic mass is 79.9. The standard InChI is InChI=1S/C14H14BrNO.ClH/c1-17-14-5-3-2-4-13(14)11-6-10(9-16)7-12(15)8-11;/h2-8H,9,16H2,1H3;1H. The minimum Gasteiger partial charge on any atom is -0.496 e. The Labute approximate surface area is 122 Å². The van der Waals surface area contributed by atoms with Crippen LogP contribution in [0.4, 0.5) is 0 Å². The first-order valence-electron chi connectivity index (χ1n) is 5.37. The lowest BCUT2D eigenvalue weighted by atomic mass is 10.0. The SMILES string of the molecule is COc1ccccc1-c1cc(Br)cc(CN)c1.Cl. The Morgan fingerprint density at radius 2 is 1.89 bits per heavy atom. The molecule has 0 radical (unpaired) electrons. The molecule has 2 N–H and O–H groups in total. The van der Waals surface area contributed by atoms with E-state index in [2.05, 4.69) is 28.1 Å². The van der Waals surface area contributed by atoms with Gasteiger partial charge >= 0.3 is 0 Å². The number of hydrogen-bond donors (Lipinski definition) is 1. The van der Waals surface area contributed by atoms with Gasteiger partial charge < -0.3 is 10.5 Å². The van der Waals surface area contributed by atoms with Crippen molar-refractivity contribution in [2.75, 3.05) is 7.11 Å². The summed E-state index contributed by atoms with van der Waals surface area (Å²) in [4.78, 5) is 0. The Morgan fingerprint density at radius 3 is 2.56 bits per heavy atom. The van der Waals surface area contributed by atoms with Crippen LogP contribution < -0.4 is 10.5 Å². The number of methoxy groups -OCH3 is 1. The Morgan fingerprint density at radius 1 is 1.17 bits per heavy atom. The molecule has 2 nitrogen and oxygen atoms in total. The Bertz CT molecular complexity index is 531. The molecule has 0 aromatic heterocycles. The molecule has 18 heavy (non-hydrogen) atoms. The second-order valence-electron chi connectivity index (χ2n) is 3.75. The number of rotatable bonds is 3. The minimum absolute atomic E-state index is 0. The van der Waals surface area contributed by atoms with Gasteiger partial charge in [-0.05, 0) is 35.4 Å². The lowest BCUT2D eigenvalue weighted by molar-refractivity contribution is 0.416. The maximum Gasteiger partial charge on any atom is 0.126 e. The van der Waals surface area contributed by atoms with Gasteiger partial charge in [0.05, 0.1) is 7.11 Å². The van der Waals surface area contributed by atoms with E-state index < -0.39 is 0 Å². The van der Waals surface area contributed by atoms with Crippen LogP contribution in [0.15, 0.2) is 46.9 Å². The molecule has 0 saturated heterocycles. The van der Waals surface area contributed by atoms with Crippen LogP contribution in [0, 0.1) is 0 Å². The van der Waals surface area contributed by atoms with Crippen LogP contribution in [0.1, 0.15) is 5.56 Å². The normalized spacial score (nSPS) is 9.72. The third-order valence-corrected chi connectivity index (χ3v) is 3.07. The monoisotopic (exact) mass is 327 g/mol. The van der Waals surface area contributed by atoms with E-state index in [1.54, 1.807) is 7.11 Å². The van der Waals surface area contributed by atoms with E-state index in [0.717, 1.165) is 26.9 Å². The molecule has 0 aliphatic heterocycles. The smallest absolute Gasteiger partial charge is 0.126 e. The first-order valence-corrected chi connectivity index (χ1v) is 6.17. The summed E-state index contributed by atoms with van der Waals surface area (Å²) in [5.41, 5.74) is 8.97. The topological polar surface area (TPSA) is 35.2 Å². The van der Waals surface area contributed by atoms with Gasteiger partial charge in [0, 0.05) is 16.6 Å². The van der Waals surface area contributed by atoms with Gasteiger partial charge in [-0.1, -0.05) is 34.1 Å². The summed E-state index contributed by atoms with van der Waals surface area (Å²) >= 11 is 3.50. The summed E-state index contributed by atoms with van der Waals surface area (Å²) < 4.78 is 6.40. The van der Waals surface area contributed by atoms with Gasteiger partial charge in [-0.2, -0.15) is 0 Å². The Balaban J connectivity index is 0.00000162. The summed E-state index contributed by atoms with van der Waals surface area (Å²) in [6, 6.07) is 14.1. The number of ether oxygens (including phenoxy) is 1. The van der Waals surface area contributed by atoms with E-state index in [4.69, 9.17) is 10.5 Å². The molecule has 2 aromatic carbocycles. The number of halogens is 2. The van der Waals surface area contributed by atoms with Gasteiger partial charge in [0.1, 0.15) is 5.75 Å². The predicted molar refractivity (Wildman–Crippen MR) is 81.3 cm³/mol. The van der Waals surface area contributed by atoms with Crippen LogP contribution >= 0.6 is 28.3 Å². The predicted octanol–water partition coefficient (Wildman–Crippen LogP) is 4.01. The van der Waals surface area contributed by atoms with Crippen molar-refractivity contribution in [2.24, 2.45) is 5.73 Å². The van der Waals surface area contributed by atoms with Crippen molar-refractivity contribution in [3.8, 4) is 16.9 Å². The van der Waals surface area contributed by atoms with Crippen LogP contribution in [0.25, 0.3) is 11.1 Å². The molecule has 0 atom stereocenters. The van der Waals surface area contributed by atoms with Crippen LogP contribution in [-0.2, 0) is 6.54 Å². The molecule has 96 valence electrons. The van der Waals surface area contributed by atoms with Crippen molar-refractivity contribution in [1.29, 1.82) is 0 Å². The van der Waals surface area contributed by atoms with Gasteiger partial charge in [0.25, 0.3) is 0 Å². The second-order valence-corrected chi connectivity index (χ2v) is 4.67. The van der Waals surface area contributed by atoms with Crippen molar-refractivity contribution in [3.05, 3.63) is 52.5 Å². The molecule has 0 bridgehead atoms. The fraction of sp³-hybridized carbons (Fsp3) is 0.143. The summed E-state index contributed by atoms with van der Waals surface area (Å²) in [5, 5.41) is 0. The van der Waals surface area contributed by atoms with Crippen LogP contribution in [0.5, 0.6) is 5.75 Å². The lowest BCUT2D eigenvalue weighted by Gasteiger charge is -2.10. The number of hydrogen-bond acceptors (Lipinski definition) is 2. The largest absolute Gasteiger partial charge is 0.496 e. The van der Waals surface area contributed by atoms with Crippen LogP contribution in [-0.4, -0.2) is 7.11 Å². The molecule has 0 aliphatic carbocycles. The number of nitrogens with two attached hydrogens (primary N) is 1. The molecule has 0 amide bonds. The average molecular weight is 329 g/mol. The highest BCUT2D eigenvalue weighted by Gasteiger charge is 2.06. The van der Waals surface area contributed by atoms with E-state index in [0.29, 0.717) is 6.54 Å². The summed E-state index contributed by atoms with van der Waals surface area (Å²) in [5.74, 6) is 0.869. The zero-order valence-electron chi connectivity index (χ0n) is 10.0. The molecule has 2 aromatic rings. The second kappa shape index (κ2) is 6.78. The summed E-state index contributed by atoms with van der Waals surface area (Å²) in [6.07, 6.45) is 0. The van der Waals surface area contributed by atoms with Gasteiger partial charge in [-0.25, -0.2) is 0 Å². The third kappa shape index (κ3) is 3.25. The molecule has 2 rings (SSSR count). The van der Waals surface area contributed by atoms with Gasteiger partial charge in [-0.3, -0.25) is 0 Å². The molecular formula is C14H15BrClNO. The van der Waals surface area contributed by atoms with Crippen LogP contribution in [0.3, 0.4) is 0 Å². The minimum atomic E-state index is 0. The maximum absolute atomic E-state index is 5.68. The van der Waals surface area contributed by atoms with Gasteiger partial charge in [0.15, 0.2) is 0 Å². The molecule has 0 unspecified atom stereocenters. The molecule has 0 spiro atoms. The van der Waals surface area contributed by atoms with Gasteiger partial charge in [-0.15, -0.1) is 12.4 Å². The van der Waals surface area contributed by atoms with E-state index >= 15 is 0 Å². The third-order valence-electron chi connectivity index (χ3n) is 2.61. The molecular weight excluding hydrogens is 314 g/mol. The van der Waals surface area contributed by atoms with Crippen molar-refractivity contribution in [2.45, 2.75) is 6.54 Å². The molecule has 4 heteroatoms. The van der Waals surface area contributed by atoms with Crippen molar-refractivity contribution >= 4 is 28.3 Å². The number of benzene rings is 2. The van der Waals surface area contributed by atoms with E-state index in [-0.39, 0.29) is 12.4 Å². The van der Waals surface area contributed by atoms with Crippen LogP contribution in [0.2, 0.25) is 0 Å². The number of para-hydroxylation sites is 1. The van der Waals surface area contributed by atoms with E-state index in [9.17, 15) is 0 Å². The zero-order valence-corrected chi connectivity index (χ0v) is 12.4. The van der Waals surface area contributed by atoms with E-state index in [1.165, 1.54) is 0 Å². The van der Waals surface area contributed by atoms with Crippen molar-refractivity contribution < 1.29 is 4.74 Å². The van der Waals surface area contributed by atoms with E-state index in [1.807, 2.05) is 30.3 Å². The first kappa shape index (κ1) is 15.0. The summed E-state index contributed by atoms with van der Waals surface area (Å²) in [7, 11) is 1.68. The fourth-order valence-corrected chi connectivity index (χ4v) is 2.35. The Hall–Kier alpha value is -1.03. The molecule has 0 saturated carbocycles. The highest BCUT2D eigenvalue weighted by Crippen LogP contribution is 2.32.